The van der Waals surface area contributed by atoms with Crippen LogP contribution in [0.5, 0.6) is 34.5 Å². The van der Waals surface area contributed by atoms with Crippen molar-refractivity contribution in [2.75, 3.05) is 0 Å². The maximum atomic E-state index is 11.0. The summed E-state index contributed by atoms with van der Waals surface area (Å²) < 4.78 is 56.5. The van der Waals surface area contributed by atoms with Crippen molar-refractivity contribution in [3.8, 4) is 34.5 Å². The molecule has 6 rings (SSSR count). The minimum atomic E-state index is -3.68. The summed E-state index contributed by atoms with van der Waals surface area (Å²) in [5, 5.41) is 0. The van der Waals surface area contributed by atoms with Gasteiger partial charge in [0.1, 0.15) is 34.5 Å². The van der Waals surface area contributed by atoms with Crippen LogP contribution in [0.1, 0.15) is 33.4 Å². The summed E-state index contributed by atoms with van der Waals surface area (Å²) in [6.07, 6.45) is 0. The molecule has 0 radical (unpaired) electrons. The van der Waals surface area contributed by atoms with Gasteiger partial charge in [0.15, 0.2) is 0 Å². The second-order valence-corrected chi connectivity index (χ2v) is 17.1. The van der Waals surface area contributed by atoms with E-state index in [1.54, 1.807) is 72.8 Å². The molecule has 6 aromatic rings. The monoisotopic (exact) mass is 867 g/mol. The number of hydrogen-bond donors (Lipinski definition) is 0. The van der Waals surface area contributed by atoms with Gasteiger partial charge in [-0.1, -0.05) is 106 Å². The molecule has 291 valence electrons. The molecule has 0 aliphatic rings. The van der Waals surface area contributed by atoms with Crippen LogP contribution in [0.2, 0.25) is 0 Å². The number of halogens is 2. The molecule has 0 aromatic heterocycles. The van der Waals surface area contributed by atoms with E-state index in [2.05, 4.69) is 0 Å². The van der Waals surface area contributed by atoms with Crippen LogP contribution in [0.15, 0.2) is 146 Å². The van der Waals surface area contributed by atoms with Crippen molar-refractivity contribution in [3.63, 3.8) is 0 Å². The first kappa shape index (κ1) is 43.4. The third kappa shape index (κ3) is 15.4. The molecule has 2 N–H and O–H groups in total. The summed E-state index contributed by atoms with van der Waals surface area (Å²) in [5.74, 6) is 2.86. The Hall–Kier alpha value is -4.33. The first-order valence-corrected chi connectivity index (χ1v) is 22.8. The van der Waals surface area contributed by atoms with Gasteiger partial charge in [-0.25, -0.2) is 9.13 Å². The molecule has 0 spiro atoms. The molecule has 0 aliphatic carbocycles. The van der Waals surface area contributed by atoms with E-state index in [9.17, 15) is 9.13 Å². The van der Waals surface area contributed by atoms with Gasteiger partial charge in [-0.3, -0.25) is 0 Å². The standard InChI is InChI=1S/2C21H21O4P.2ClH.Co/c2*1-16-4-10-19(11-5-16)23-26(22,24-20-12-6-17(2)7-13-20)25-21-14-8-18(3)9-15-21;;;/h2*4-15H,1-3H3;2*1H;/q;;;;+2. The number of benzene rings is 6. The van der Waals surface area contributed by atoms with Gasteiger partial charge >= 0.3 is 48.8 Å². The van der Waals surface area contributed by atoms with Crippen LogP contribution < -0.4 is 27.1 Å². The summed E-state index contributed by atoms with van der Waals surface area (Å²) in [4.78, 5) is 0. The summed E-state index contributed by atoms with van der Waals surface area (Å²) >= 11 is 0.382. The van der Waals surface area contributed by atoms with Crippen LogP contribution in [0.25, 0.3) is 0 Å². The maximum absolute atomic E-state index is 11.0. The SMILES string of the molecule is Cc1ccc(OP(=[OH+])(Oc2ccc(C)cc2)Oc2ccc(C)cc2)cc1.Cc1ccc(OP(=[OH+])(Oc2ccc(C)cc2)Oc2ccc(C)cc2)cc1.[Cl][Co][Cl]. The van der Waals surface area contributed by atoms with Crippen LogP contribution in [0.3, 0.4) is 0 Å². The topological polar surface area (TPSA) is 98.2 Å². The summed E-state index contributed by atoms with van der Waals surface area (Å²) in [6, 6.07) is 44.1. The molecule has 0 atom stereocenters. The van der Waals surface area contributed by atoms with Crippen LogP contribution in [-0.2, 0) is 12.9 Å². The van der Waals surface area contributed by atoms with Crippen molar-refractivity contribution in [1.82, 2.24) is 0 Å². The fourth-order valence-electron chi connectivity index (χ4n) is 4.51. The van der Waals surface area contributed by atoms with Crippen molar-refractivity contribution in [2.24, 2.45) is 0 Å². The van der Waals surface area contributed by atoms with Crippen LogP contribution in [0, 0.1) is 41.5 Å². The van der Waals surface area contributed by atoms with Crippen molar-refractivity contribution in [3.05, 3.63) is 179 Å². The molecule has 13 heteroatoms. The number of hydrogen-bond acceptors (Lipinski definition) is 6. The molecular weight excluding hydrogens is 824 g/mol. The van der Waals surface area contributed by atoms with Gasteiger partial charge in [0.05, 0.1) is 0 Å². The third-order valence-corrected chi connectivity index (χ3v) is 10.1. The second-order valence-electron chi connectivity index (χ2n) is 12.4. The van der Waals surface area contributed by atoms with Gasteiger partial charge in [-0.2, -0.15) is 0 Å². The zero-order chi connectivity index (χ0) is 39.8. The Morgan fingerprint density at radius 1 is 0.309 bits per heavy atom. The number of rotatable bonds is 12. The molecule has 0 unspecified atom stereocenters. The Kier molecular flexibility index (Phi) is 16.6. The molecule has 0 aliphatic heterocycles. The van der Waals surface area contributed by atoms with E-state index in [-0.39, 0.29) is 0 Å². The predicted octanol–water partition coefficient (Wildman–Crippen LogP) is 13.8. The molecule has 0 saturated heterocycles. The fraction of sp³-hybridized carbons (Fsp3) is 0.143. The minimum absolute atomic E-state index is 0.382. The Balaban J connectivity index is 0.000000228. The van der Waals surface area contributed by atoms with E-state index in [0.29, 0.717) is 47.4 Å². The number of aryl methyl sites for hydroxylation is 6. The van der Waals surface area contributed by atoms with Crippen LogP contribution in [-0.4, -0.2) is 9.13 Å². The van der Waals surface area contributed by atoms with Gasteiger partial charge in [0.2, 0.25) is 0 Å². The zero-order valence-corrected chi connectivity index (χ0v) is 35.5. The molecule has 8 nitrogen and oxygen atoms in total. The average molecular weight is 869 g/mol. The Morgan fingerprint density at radius 2 is 0.418 bits per heavy atom. The Morgan fingerprint density at radius 3 is 0.527 bits per heavy atom. The van der Waals surface area contributed by atoms with Crippen LogP contribution in [0.4, 0.5) is 0 Å². The second kappa shape index (κ2) is 21.1. The summed E-state index contributed by atoms with van der Waals surface area (Å²) in [6.45, 7) is 11.9. The average Bonchev–Trinajstić information content (AvgIpc) is 3.15. The molecule has 0 fully saturated rings. The van der Waals surface area contributed by atoms with Gasteiger partial charge in [0, 0.05) is 0 Å². The fourth-order valence-corrected chi connectivity index (χ4v) is 7.06. The summed E-state index contributed by atoms with van der Waals surface area (Å²) in [7, 11) is 2.10. The molecule has 0 heterocycles. The Labute approximate surface area is 338 Å². The van der Waals surface area contributed by atoms with Crippen molar-refractivity contribution in [2.45, 2.75) is 41.5 Å². The van der Waals surface area contributed by atoms with Crippen molar-refractivity contribution >= 4 is 35.9 Å². The van der Waals surface area contributed by atoms with Crippen LogP contribution >= 0.6 is 35.9 Å². The van der Waals surface area contributed by atoms with E-state index in [0.717, 1.165) is 33.4 Å². The molecule has 0 saturated carbocycles. The molecule has 6 aromatic carbocycles. The molecule has 0 amide bonds. The normalized spacial score (nSPS) is 10.8. The molecular formula is C42H44Cl2CoO8P2+2. The first-order valence-electron chi connectivity index (χ1n) is 16.9. The van der Waals surface area contributed by atoms with Gasteiger partial charge in [-0.15, -0.1) is 0 Å². The Bertz CT molecular complexity index is 1750. The molecule has 0 bridgehead atoms. The van der Waals surface area contributed by atoms with Gasteiger partial charge in [-0.05, 0) is 114 Å². The predicted molar refractivity (Wildman–Crippen MR) is 220 cm³/mol. The van der Waals surface area contributed by atoms with Gasteiger partial charge < -0.3 is 27.1 Å². The van der Waals surface area contributed by atoms with E-state index >= 15 is 0 Å². The quantitative estimate of drug-likeness (QED) is 0.0897. The third-order valence-electron chi connectivity index (χ3n) is 7.45. The van der Waals surface area contributed by atoms with E-state index in [1.165, 1.54) is 0 Å². The van der Waals surface area contributed by atoms with E-state index in [4.69, 9.17) is 47.4 Å². The zero-order valence-electron chi connectivity index (χ0n) is 31.2. The van der Waals surface area contributed by atoms with Crippen molar-refractivity contribution in [1.29, 1.82) is 0 Å². The van der Waals surface area contributed by atoms with E-state index in [1.807, 2.05) is 114 Å². The molecule has 55 heavy (non-hydrogen) atoms. The van der Waals surface area contributed by atoms with Gasteiger partial charge in [0.25, 0.3) is 0 Å². The van der Waals surface area contributed by atoms with Crippen molar-refractivity contribution < 1.29 is 49.2 Å². The summed E-state index contributed by atoms with van der Waals surface area (Å²) in [5.41, 5.74) is 6.57. The first-order chi connectivity index (χ1) is 26.2. The van der Waals surface area contributed by atoms with E-state index < -0.39 is 15.6 Å².